The highest BCUT2D eigenvalue weighted by Crippen LogP contribution is 1.91. The van der Waals surface area contributed by atoms with Crippen LogP contribution in [-0.2, 0) is 4.79 Å². The molecule has 0 unspecified atom stereocenters. The smallest absolute Gasteiger partial charge is 0.224 e. The third-order valence-corrected chi connectivity index (χ3v) is 1.26. The summed E-state index contributed by atoms with van der Waals surface area (Å²) in [5.41, 5.74) is 0.861. The van der Waals surface area contributed by atoms with Gasteiger partial charge >= 0.3 is 0 Å². The summed E-state index contributed by atoms with van der Waals surface area (Å²) in [6, 6.07) is 0. The van der Waals surface area contributed by atoms with Crippen LogP contribution in [0.5, 0.6) is 0 Å². The van der Waals surface area contributed by atoms with Gasteiger partial charge in [0.25, 0.3) is 0 Å². The van der Waals surface area contributed by atoms with Gasteiger partial charge in [0, 0.05) is 12.1 Å². The van der Waals surface area contributed by atoms with Gasteiger partial charge in [-0.1, -0.05) is 19.1 Å². The predicted molar refractivity (Wildman–Crippen MR) is 47.0 cm³/mol. The van der Waals surface area contributed by atoms with E-state index in [0.29, 0.717) is 6.42 Å². The van der Waals surface area contributed by atoms with Crippen molar-refractivity contribution in [3.05, 3.63) is 23.9 Å². The lowest BCUT2D eigenvalue weighted by Crippen LogP contribution is -2.20. The molecule has 62 valence electrons. The lowest BCUT2D eigenvalue weighted by molar-refractivity contribution is -0.120. The molecule has 0 spiro atoms. The highest BCUT2D eigenvalue weighted by Gasteiger charge is 1.95. The molecule has 0 aliphatic carbocycles. The summed E-state index contributed by atoms with van der Waals surface area (Å²) in [6.45, 7) is 5.64. The van der Waals surface area contributed by atoms with Crippen molar-refractivity contribution in [3.63, 3.8) is 0 Å². The fourth-order valence-electron chi connectivity index (χ4n) is 0.639. The maximum atomic E-state index is 10.9. The van der Waals surface area contributed by atoms with Crippen molar-refractivity contribution in [2.75, 3.05) is 0 Å². The summed E-state index contributed by atoms with van der Waals surface area (Å²) in [5.74, 6) is 0.0520. The first kappa shape index (κ1) is 9.95. The molecule has 0 radical (unpaired) electrons. The second-order valence-electron chi connectivity index (χ2n) is 2.15. The second-order valence-corrected chi connectivity index (χ2v) is 2.15. The van der Waals surface area contributed by atoms with Gasteiger partial charge in [0.2, 0.25) is 5.91 Å². The van der Waals surface area contributed by atoms with Gasteiger partial charge in [0.05, 0.1) is 0 Å². The fraction of sp³-hybridized carbons (Fsp3) is 0.444. The van der Waals surface area contributed by atoms with Crippen molar-refractivity contribution < 1.29 is 4.79 Å². The Morgan fingerprint density at radius 1 is 1.45 bits per heavy atom. The van der Waals surface area contributed by atoms with E-state index in [-0.39, 0.29) is 5.91 Å². The molecular weight excluding hydrogens is 138 g/mol. The minimum atomic E-state index is 0.0520. The molecular formula is C9H15NO. The summed E-state index contributed by atoms with van der Waals surface area (Å²) in [6.07, 6.45) is 6.15. The molecule has 0 heterocycles. The van der Waals surface area contributed by atoms with Crippen LogP contribution in [0, 0.1) is 0 Å². The van der Waals surface area contributed by atoms with Gasteiger partial charge in [0.1, 0.15) is 0 Å². The highest BCUT2D eigenvalue weighted by molar-refractivity contribution is 5.77. The Morgan fingerprint density at radius 3 is 2.45 bits per heavy atom. The van der Waals surface area contributed by atoms with E-state index in [1.165, 1.54) is 0 Å². The van der Waals surface area contributed by atoms with Crippen molar-refractivity contribution in [1.29, 1.82) is 0 Å². The molecule has 0 saturated heterocycles. The first-order valence-electron chi connectivity index (χ1n) is 3.83. The minimum Gasteiger partial charge on any atom is -0.326 e. The molecule has 0 aromatic heterocycles. The number of carbonyl (C=O) groups is 1. The monoisotopic (exact) mass is 153 g/mol. The number of allylic oxidation sites excluding steroid dienone is 3. The maximum Gasteiger partial charge on any atom is 0.224 e. The van der Waals surface area contributed by atoms with E-state index >= 15 is 0 Å². The number of nitrogens with one attached hydrogen (secondary N) is 1. The third-order valence-electron chi connectivity index (χ3n) is 1.26. The lowest BCUT2D eigenvalue weighted by Gasteiger charge is -2.01. The average Bonchev–Trinajstić information content (AvgIpc) is 2.03. The van der Waals surface area contributed by atoms with Crippen LogP contribution >= 0.6 is 0 Å². The van der Waals surface area contributed by atoms with E-state index in [1.807, 2.05) is 39.0 Å². The van der Waals surface area contributed by atoms with Gasteiger partial charge in [-0.25, -0.2) is 0 Å². The van der Waals surface area contributed by atoms with Gasteiger partial charge in [-0.05, 0) is 19.9 Å². The lowest BCUT2D eigenvalue weighted by atomic mass is 10.3. The van der Waals surface area contributed by atoms with Crippen LogP contribution in [0.3, 0.4) is 0 Å². The Kier molecular flexibility index (Phi) is 5.17. The van der Waals surface area contributed by atoms with E-state index in [0.717, 1.165) is 5.70 Å². The zero-order valence-electron chi connectivity index (χ0n) is 7.35. The molecule has 0 aliphatic heterocycles. The zero-order chi connectivity index (χ0) is 8.69. The van der Waals surface area contributed by atoms with E-state index in [4.69, 9.17) is 0 Å². The summed E-state index contributed by atoms with van der Waals surface area (Å²) < 4.78 is 0. The number of hydrogen-bond acceptors (Lipinski definition) is 1. The number of amides is 1. The number of hydrogen-bond donors (Lipinski definition) is 1. The molecule has 0 bridgehead atoms. The average molecular weight is 153 g/mol. The Hall–Kier alpha value is -1.05. The summed E-state index contributed by atoms with van der Waals surface area (Å²) in [7, 11) is 0. The highest BCUT2D eigenvalue weighted by atomic mass is 16.1. The Balaban J connectivity index is 4.00. The minimum absolute atomic E-state index is 0.0520. The van der Waals surface area contributed by atoms with E-state index in [2.05, 4.69) is 5.32 Å². The van der Waals surface area contributed by atoms with Crippen LogP contribution < -0.4 is 5.32 Å². The van der Waals surface area contributed by atoms with Crippen molar-refractivity contribution in [2.45, 2.75) is 27.2 Å². The molecule has 2 nitrogen and oxygen atoms in total. The first-order valence-corrected chi connectivity index (χ1v) is 3.83. The number of carbonyl (C=O) groups excluding carboxylic acids is 1. The summed E-state index contributed by atoms with van der Waals surface area (Å²) in [4.78, 5) is 10.9. The van der Waals surface area contributed by atoms with Gasteiger partial charge in [0.15, 0.2) is 0 Å². The van der Waals surface area contributed by atoms with Crippen LogP contribution in [-0.4, -0.2) is 5.91 Å². The molecule has 0 aromatic carbocycles. The molecule has 0 rings (SSSR count). The van der Waals surface area contributed by atoms with Gasteiger partial charge in [-0.2, -0.15) is 0 Å². The maximum absolute atomic E-state index is 10.9. The van der Waals surface area contributed by atoms with Crippen LogP contribution in [0.15, 0.2) is 23.9 Å². The van der Waals surface area contributed by atoms with Crippen molar-refractivity contribution in [1.82, 2.24) is 5.32 Å². The van der Waals surface area contributed by atoms with E-state index in [1.54, 1.807) is 0 Å². The van der Waals surface area contributed by atoms with Crippen molar-refractivity contribution in [3.8, 4) is 0 Å². The Bertz CT molecular complexity index is 180. The van der Waals surface area contributed by atoms with Gasteiger partial charge in [-0.3, -0.25) is 4.79 Å². The van der Waals surface area contributed by atoms with Crippen LogP contribution in [0.25, 0.3) is 0 Å². The Morgan fingerprint density at radius 2 is 2.09 bits per heavy atom. The predicted octanol–water partition coefficient (Wildman–Crippen LogP) is 1.99. The largest absolute Gasteiger partial charge is 0.326 e. The van der Waals surface area contributed by atoms with Crippen molar-refractivity contribution in [2.24, 2.45) is 0 Å². The Labute approximate surface area is 68.0 Å². The molecule has 1 N–H and O–H groups in total. The van der Waals surface area contributed by atoms with Gasteiger partial charge < -0.3 is 5.32 Å². The number of rotatable bonds is 3. The van der Waals surface area contributed by atoms with E-state index < -0.39 is 0 Å². The molecule has 11 heavy (non-hydrogen) atoms. The van der Waals surface area contributed by atoms with Gasteiger partial charge in [-0.15, -0.1) is 0 Å². The standard InChI is InChI=1S/C9H15NO/c1-4-7-8(5-2)10-9(11)6-3/h4-5,7H,6H2,1-3H3,(H,10,11)/b7-4-,8-5+. The second kappa shape index (κ2) is 5.71. The molecule has 0 aliphatic rings. The summed E-state index contributed by atoms with van der Waals surface area (Å²) >= 11 is 0. The molecule has 0 atom stereocenters. The molecule has 2 heteroatoms. The topological polar surface area (TPSA) is 29.1 Å². The van der Waals surface area contributed by atoms with Crippen LogP contribution in [0.4, 0.5) is 0 Å². The van der Waals surface area contributed by atoms with Crippen LogP contribution in [0.1, 0.15) is 27.2 Å². The summed E-state index contributed by atoms with van der Waals surface area (Å²) in [5, 5.41) is 2.75. The fourth-order valence-corrected chi connectivity index (χ4v) is 0.639. The van der Waals surface area contributed by atoms with Crippen molar-refractivity contribution >= 4 is 5.91 Å². The van der Waals surface area contributed by atoms with E-state index in [9.17, 15) is 4.79 Å². The normalized spacial score (nSPS) is 12.1. The molecule has 0 fully saturated rings. The third kappa shape index (κ3) is 4.37. The SMILES string of the molecule is C/C=C\C(=C/C)NC(=O)CC. The zero-order valence-corrected chi connectivity index (χ0v) is 7.35. The first-order chi connectivity index (χ1) is 5.24. The molecule has 0 aromatic rings. The quantitative estimate of drug-likeness (QED) is 0.617. The van der Waals surface area contributed by atoms with Crippen LogP contribution in [0.2, 0.25) is 0 Å². The molecule has 0 saturated carbocycles. The molecule has 1 amide bonds.